The maximum Gasteiger partial charge on any atom is 0.334 e. The summed E-state index contributed by atoms with van der Waals surface area (Å²) in [6.07, 6.45) is 0. The molecule has 1 aromatic carbocycles. The maximum absolute atomic E-state index is 11.7. The second-order valence-corrected chi connectivity index (χ2v) is 4.23. The molecule has 0 radical (unpaired) electrons. The molecule has 1 aromatic heterocycles. The van der Waals surface area contributed by atoms with Crippen LogP contribution in [0.15, 0.2) is 29.1 Å². The molecule has 2 aromatic rings. The van der Waals surface area contributed by atoms with Crippen molar-refractivity contribution in [3.05, 3.63) is 49.3 Å². The molecule has 0 bridgehead atoms. The molecule has 0 fully saturated rings. The van der Waals surface area contributed by atoms with Gasteiger partial charge in [-0.25, -0.2) is 9.36 Å². The van der Waals surface area contributed by atoms with E-state index < -0.39 is 0 Å². The van der Waals surface area contributed by atoms with Crippen LogP contribution in [0.3, 0.4) is 0 Å². The highest BCUT2D eigenvalue weighted by atomic mass is 35.5. The van der Waals surface area contributed by atoms with Gasteiger partial charge in [0.15, 0.2) is 9.54 Å². The van der Waals surface area contributed by atoms with Gasteiger partial charge < -0.3 is 4.98 Å². The number of aromatic nitrogens is 3. The molecule has 2 N–H and O–H groups in total. The highest BCUT2D eigenvalue weighted by Crippen LogP contribution is 2.11. The highest BCUT2D eigenvalue weighted by molar-refractivity contribution is 7.71. The molecule has 82 valence electrons. The molecule has 2 rings (SSSR count). The number of benzene rings is 1. The van der Waals surface area contributed by atoms with Crippen molar-refractivity contribution in [1.82, 2.24) is 14.5 Å². The number of hydrogen-bond donors (Lipinski definition) is 2. The number of H-pyrrole nitrogens is 2. The standard InChI is InChI=1S/C9H6ClN3OS2/c10-5-1-3-6(4-2-5)13-8(14)11-7(15)12-9(13)16/h1-4H,(H2,11,12,14,15,16). The van der Waals surface area contributed by atoms with Gasteiger partial charge in [0.25, 0.3) is 0 Å². The molecule has 0 unspecified atom stereocenters. The fourth-order valence-electron chi connectivity index (χ4n) is 1.25. The number of halogens is 1. The van der Waals surface area contributed by atoms with E-state index in [4.69, 9.17) is 36.0 Å². The van der Waals surface area contributed by atoms with Crippen molar-refractivity contribution in [3.8, 4) is 5.69 Å². The molecule has 0 aliphatic carbocycles. The maximum atomic E-state index is 11.7. The van der Waals surface area contributed by atoms with E-state index in [1.807, 2.05) is 0 Å². The Morgan fingerprint density at radius 3 is 2.31 bits per heavy atom. The van der Waals surface area contributed by atoms with Gasteiger partial charge in [0.1, 0.15) is 0 Å². The van der Waals surface area contributed by atoms with E-state index >= 15 is 0 Å². The van der Waals surface area contributed by atoms with Crippen molar-refractivity contribution in [3.63, 3.8) is 0 Å². The number of nitrogens with zero attached hydrogens (tertiary/aromatic N) is 1. The van der Waals surface area contributed by atoms with Gasteiger partial charge in [-0.3, -0.25) is 4.98 Å². The van der Waals surface area contributed by atoms with Gasteiger partial charge in [-0.15, -0.1) is 0 Å². The van der Waals surface area contributed by atoms with Crippen molar-refractivity contribution < 1.29 is 0 Å². The van der Waals surface area contributed by atoms with Gasteiger partial charge in [0.05, 0.1) is 5.69 Å². The Balaban J connectivity index is 2.75. The topological polar surface area (TPSA) is 53.6 Å². The van der Waals surface area contributed by atoms with Gasteiger partial charge in [0.2, 0.25) is 0 Å². The van der Waals surface area contributed by atoms with Gasteiger partial charge in [-0.2, -0.15) is 0 Å². The van der Waals surface area contributed by atoms with E-state index in [0.717, 1.165) is 0 Å². The van der Waals surface area contributed by atoms with Crippen molar-refractivity contribution in [2.75, 3.05) is 0 Å². The van der Waals surface area contributed by atoms with Gasteiger partial charge in [0, 0.05) is 5.02 Å². The third-order valence-corrected chi connectivity index (χ3v) is 2.67. The minimum absolute atomic E-state index is 0.209. The first-order valence-corrected chi connectivity index (χ1v) is 5.49. The minimum atomic E-state index is -0.379. The lowest BCUT2D eigenvalue weighted by Crippen LogP contribution is -2.23. The summed E-state index contributed by atoms with van der Waals surface area (Å²) in [4.78, 5) is 16.8. The number of aromatic amines is 2. The second-order valence-electron chi connectivity index (χ2n) is 3.00. The summed E-state index contributed by atoms with van der Waals surface area (Å²) in [6, 6.07) is 6.76. The lowest BCUT2D eigenvalue weighted by atomic mass is 10.3. The van der Waals surface area contributed by atoms with Crippen molar-refractivity contribution in [2.45, 2.75) is 0 Å². The van der Waals surface area contributed by atoms with E-state index in [2.05, 4.69) is 9.97 Å². The van der Waals surface area contributed by atoms with Crippen LogP contribution in [0.5, 0.6) is 0 Å². The zero-order valence-electron chi connectivity index (χ0n) is 7.86. The highest BCUT2D eigenvalue weighted by Gasteiger charge is 2.01. The third kappa shape index (κ3) is 2.13. The SMILES string of the molecule is O=c1[nH]c(=S)[nH]c(=S)n1-c1ccc(Cl)cc1. The first-order valence-electron chi connectivity index (χ1n) is 4.29. The van der Waals surface area contributed by atoms with Crippen LogP contribution < -0.4 is 5.69 Å². The van der Waals surface area contributed by atoms with E-state index in [0.29, 0.717) is 10.7 Å². The lowest BCUT2D eigenvalue weighted by Gasteiger charge is -2.04. The van der Waals surface area contributed by atoms with E-state index in [-0.39, 0.29) is 15.2 Å². The van der Waals surface area contributed by atoms with Crippen molar-refractivity contribution in [1.29, 1.82) is 0 Å². The molecule has 1 heterocycles. The average molecular weight is 272 g/mol. The molecule has 0 saturated carbocycles. The lowest BCUT2D eigenvalue weighted by molar-refractivity contribution is 0.830. The van der Waals surface area contributed by atoms with Crippen LogP contribution in [-0.4, -0.2) is 14.5 Å². The monoisotopic (exact) mass is 271 g/mol. The summed E-state index contributed by atoms with van der Waals surface area (Å²) in [5, 5.41) is 0.593. The van der Waals surface area contributed by atoms with E-state index in [1.165, 1.54) is 4.57 Å². The molecule has 0 aliphatic rings. The number of hydrogen-bond acceptors (Lipinski definition) is 3. The Hall–Kier alpha value is -1.24. The Labute approximate surface area is 106 Å². The second kappa shape index (κ2) is 4.32. The average Bonchev–Trinajstić information content (AvgIpc) is 2.19. The summed E-state index contributed by atoms with van der Waals surface area (Å²) >= 11 is 15.6. The smallest absolute Gasteiger partial charge is 0.309 e. The molecule has 0 amide bonds. The summed E-state index contributed by atoms with van der Waals surface area (Å²) < 4.78 is 1.76. The van der Waals surface area contributed by atoms with Gasteiger partial charge in [-0.1, -0.05) is 11.6 Å². The summed E-state index contributed by atoms with van der Waals surface area (Å²) in [6.45, 7) is 0. The van der Waals surface area contributed by atoms with E-state index in [1.54, 1.807) is 24.3 Å². The Morgan fingerprint density at radius 2 is 1.75 bits per heavy atom. The van der Waals surface area contributed by atoms with Crippen LogP contribution in [-0.2, 0) is 0 Å². The molecular weight excluding hydrogens is 266 g/mol. The summed E-state index contributed by atoms with van der Waals surface area (Å²) in [7, 11) is 0. The molecule has 0 saturated heterocycles. The molecule has 0 spiro atoms. The van der Waals surface area contributed by atoms with Gasteiger partial charge >= 0.3 is 5.69 Å². The quantitative estimate of drug-likeness (QED) is 0.784. The number of nitrogens with one attached hydrogen (secondary N) is 2. The molecule has 16 heavy (non-hydrogen) atoms. The molecule has 7 heteroatoms. The zero-order valence-corrected chi connectivity index (χ0v) is 10.2. The minimum Gasteiger partial charge on any atom is -0.309 e. The van der Waals surface area contributed by atoms with Crippen LogP contribution >= 0.6 is 36.0 Å². The van der Waals surface area contributed by atoms with Crippen LogP contribution in [0.25, 0.3) is 5.69 Å². The Kier molecular flexibility index (Phi) is 3.04. The predicted octanol–water partition coefficient (Wildman–Crippen LogP) is 2.61. The fraction of sp³-hybridized carbons (Fsp3) is 0. The fourth-order valence-corrected chi connectivity index (χ4v) is 1.92. The third-order valence-electron chi connectivity index (χ3n) is 1.93. The summed E-state index contributed by atoms with van der Waals surface area (Å²) in [5.74, 6) is 0. The molecule has 4 nitrogen and oxygen atoms in total. The Morgan fingerprint density at radius 1 is 1.12 bits per heavy atom. The van der Waals surface area contributed by atoms with Crippen LogP contribution in [0.1, 0.15) is 0 Å². The molecule has 0 atom stereocenters. The molecule has 0 aliphatic heterocycles. The van der Waals surface area contributed by atoms with Crippen LogP contribution in [0.4, 0.5) is 0 Å². The Bertz CT molecular complexity index is 649. The summed E-state index contributed by atoms with van der Waals surface area (Å²) in [5.41, 5.74) is 0.248. The van der Waals surface area contributed by atoms with E-state index in [9.17, 15) is 4.79 Å². The largest absolute Gasteiger partial charge is 0.334 e. The zero-order chi connectivity index (χ0) is 11.7. The van der Waals surface area contributed by atoms with Gasteiger partial charge in [-0.05, 0) is 48.7 Å². The normalized spacial score (nSPS) is 10.3. The first-order chi connectivity index (χ1) is 7.58. The predicted molar refractivity (Wildman–Crippen MR) is 67.4 cm³/mol. The van der Waals surface area contributed by atoms with Crippen LogP contribution in [0, 0.1) is 9.54 Å². The van der Waals surface area contributed by atoms with Crippen molar-refractivity contribution >= 4 is 36.0 Å². The first kappa shape index (κ1) is 11.3. The van der Waals surface area contributed by atoms with Crippen molar-refractivity contribution in [2.24, 2.45) is 0 Å². The van der Waals surface area contributed by atoms with Crippen LogP contribution in [0.2, 0.25) is 5.02 Å². The molecular formula is C9H6ClN3OS2. The number of rotatable bonds is 1.